The Bertz CT molecular complexity index is 841. The van der Waals surface area contributed by atoms with E-state index in [1.165, 1.54) is 0 Å². The maximum absolute atomic E-state index is 13.0. The number of hydrogen-bond donors (Lipinski definition) is 2. The first-order valence-corrected chi connectivity index (χ1v) is 8.28. The van der Waals surface area contributed by atoms with Gasteiger partial charge < -0.3 is 10.3 Å². The number of imide groups is 1. The first-order valence-electron chi connectivity index (χ1n) is 8.28. The van der Waals surface area contributed by atoms with E-state index in [0.29, 0.717) is 12.0 Å². The Morgan fingerprint density at radius 3 is 2.40 bits per heavy atom. The largest absolute Gasteiger partial charge is 0.362 e. The molecule has 6 nitrogen and oxygen atoms in total. The highest BCUT2D eigenvalue weighted by molar-refractivity contribution is 6.11. The lowest BCUT2D eigenvalue weighted by Crippen LogP contribution is -2.43. The number of benzene rings is 1. The smallest absolute Gasteiger partial charge is 0.325 e. The minimum Gasteiger partial charge on any atom is -0.362 e. The van der Waals surface area contributed by atoms with Crippen molar-refractivity contribution in [3.05, 3.63) is 58.9 Å². The van der Waals surface area contributed by atoms with Crippen molar-refractivity contribution in [2.45, 2.75) is 32.7 Å². The summed E-state index contributed by atoms with van der Waals surface area (Å²) in [7, 11) is 0. The standard InChI is InChI=1S/C19H21N3O3/c1-4-19(14-8-6-5-7-9-14)17(24)22(18(25)21-19)11-16(23)15-10-12(2)20-13(15)3/h5-10,20H,4,11H2,1-3H3,(H,21,25). The van der Waals surface area contributed by atoms with E-state index >= 15 is 0 Å². The Balaban J connectivity index is 1.89. The van der Waals surface area contributed by atoms with Crippen molar-refractivity contribution >= 4 is 17.7 Å². The molecule has 2 aromatic rings. The van der Waals surface area contributed by atoms with Crippen LogP contribution in [0.4, 0.5) is 4.79 Å². The molecule has 0 radical (unpaired) electrons. The summed E-state index contributed by atoms with van der Waals surface area (Å²) in [6.07, 6.45) is 0.411. The van der Waals surface area contributed by atoms with Gasteiger partial charge in [0.05, 0.1) is 6.54 Å². The number of aromatic nitrogens is 1. The summed E-state index contributed by atoms with van der Waals surface area (Å²) < 4.78 is 0. The van der Waals surface area contributed by atoms with Gasteiger partial charge in [0.25, 0.3) is 5.91 Å². The first kappa shape index (κ1) is 17.0. The maximum Gasteiger partial charge on any atom is 0.325 e. The molecule has 1 unspecified atom stereocenters. The fourth-order valence-electron chi connectivity index (χ4n) is 3.37. The van der Waals surface area contributed by atoms with Crippen LogP contribution in [0.25, 0.3) is 0 Å². The van der Waals surface area contributed by atoms with Crippen LogP contribution in [-0.4, -0.2) is 34.2 Å². The lowest BCUT2D eigenvalue weighted by molar-refractivity contribution is -0.131. The second-order valence-electron chi connectivity index (χ2n) is 6.36. The summed E-state index contributed by atoms with van der Waals surface area (Å²) in [6, 6.07) is 10.3. The van der Waals surface area contributed by atoms with E-state index in [1.54, 1.807) is 13.0 Å². The summed E-state index contributed by atoms with van der Waals surface area (Å²) in [5.41, 5.74) is 1.72. The quantitative estimate of drug-likeness (QED) is 0.649. The summed E-state index contributed by atoms with van der Waals surface area (Å²) in [4.78, 5) is 42.1. The summed E-state index contributed by atoms with van der Waals surface area (Å²) in [5, 5.41) is 2.79. The summed E-state index contributed by atoms with van der Waals surface area (Å²) in [6.45, 7) is 5.23. The number of H-pyrrole nitrogens is 1. The highest BCUT2D eigenvalue weighted by Crippen LogP contribution is 2.32. The molecule has 1 aliphatic rings. The molecule has 25 heavy (non-hydrogen) atoms. The van der Waals surface area contributed by atoms with Gasteiger partial charge in [0.1, 0.15) is 5.54 Å². The van der Waals surface area contributed by atoms with Crippen LogP contribution < -0.4 is 5.32 Å². The van der Waals surface area contributed by atoms with Crippen molar-refractivity contribution in [2.24, 2.45) is 0 Å². The Morgan fingerprint density at radius 2 is 1.84 bits per heavy atom. The number of carbonyl (C=O) groups is 3. The molecule has 3 rings (SSSR count). The zero-order valence-corrected chi connectivity index (χ0v) is 14.6. The number of ketones is 1. The van der Waals surface area contributed by atoms with E-state index in [-0.39, 0.29) is 18.2 Å². The number of amides is 3. The van der Waals surface area contributed by atoms with Crippen LogP contribution >= 0.6 is 0 Å². The molecule has 2 heterocycles. The number of rotatable bonds is 5. The molecular formula is C19H21N3O3. The van der Waals surface area contributed by atoms with E-state index in [1.807, 2.05) is 44.2 Å². The van der Waals surface area contributed by atoms with Crippen LogP contribution in [0.5, 0.6) is 0 Å². The fourth-order valence-corrected chi connectivity index (χ4v) is 3.37. The van der Waals surface area contributed by atoms with Crippen molar-refractivity contribution in [1.82, 2.24) is 15.2 Å². The second kappa shape index (κ2) is 6.20. The van der Waals surface area contributed by atoms with E-state index < -0.39 is 11.6 Å². The molecule has 2 N–H and O–H groups in total. The molecule has 1 aromatic heterocycles. The van der Waals surface area contributed by atoms with E-state index in [9.17, 15) is 14.4 Å². The van der Waals surface area contributed by atoms with E-state index in [2.05, 4.69) is 10.3 Å². The van der Waals surface area contributed by atoms with E-state index in [0.717, 1.165) is 21.9 Å². The van der Waals surface area contributed by atoms with Gasteiger partial charge in [0, 0.05) is 17.0 Å². The molecule has 0 spiro atoms. The molecule has 1 fully saturated rings. The van der Waals surface area contributed by atoms with Gasteiger partial charge in [-0.15, -0.1) is 0 Å². The molecule has 0 aliphatic carbocycles. The molecule has 0 bridgehead atoms. The molecule has 1 aliphatic heterocycles. The maximum atomic E-state index is 13.0. The van der Waals surface area contributed by atoms with Gasteiger partial charge in [-0.3, -0.25) is 14.5 Å². The minimum absolute atomic E-state index is 0.259. The first-order chi connectivity index (χ1) is 11.9. The highest BCUT2D eigenvalue weighted by atomic mass is 16.2. The number of hydrogen-bond acceptors (Lipinski definition) is 3. The van der Waals surface area contributed by atoms with Crippen LogP contribution in [-0.2, 0) is 10.3 Å². The molecular weight excluding hydrogens is 318 g/mol. The Kier molecular flexibility index (Phi) is 4.20. The van der Waals surface area contributed by atoms with Gasteiger partial charge in [0.2, 0.25) is 0 Å². The predicted octanol–water partition coefficient (Wildman–Crippen LogP) is 2.67. The number of carbonyl (C=O) groups excluding carboxylic acids is 3. The molecule has 1 aromatic carbocycles. The average molecular weight is 339 g/mol. The van der Waals surface area contributed by atoms with Crippen LogP contribution in [0.2, 0.25) is 0 Å². The monoisotopic (exact) mass is 339 g/mol. The van der Waals surface area contributed by atoms with Gasteiger partial charge in [-0.2, -0.15) is 0 Å². The lowest BCUT2D eigenvalue weighted by Gasteiger charge is -2.25. The Hall–Kier alpha value is -2.89. The Morgan fingerprint density at radius 1 is 1.16 bits per heavy atom. The van der Waals surface area contributed by atoms with Gasteiger partial charge in [0.15, 0.2) is 5.78 Å². The van der Waals surface area contributed by atoms with Crippen molar-refractivity contribution < 1.29 is 14.4 Å². The number of nitrogens with one attached hydrogen (secondary N) is 2. The second-order valence-corrected chi connectivity index (χ2v) is 6.36. The van der Waals surface area contributed by atoms with Gasteiger partial charge >= 0.3 is 6.03 Å². The van der Waals surface area contributed by atoms with Crippen LogP contribution in [0.3, 0.4) is 0 Å². The molecule has 0 saturated carbocycles. The number of nitrogens with zero attached hydrogens (tertiary/aromatic N) is 1. The van der Waals surface area contributed by atoms with Crippen LogP contribution in [0, 0.1) is 13.8 Å². The van der Waals surface area contributed by atoms with Crippen molar-refractivity contribution in [1.29, 1.82) is 0 Å². The third-order valence-electron chi connectivity index (χ3n) is 4.72. The van der Waals surface area contributed by atoms with E-state index in [4.69, 9.17) is 0 Å². The number of urea groups is 1. The van der Waals surface area contributed by atoms with Gasteiger partial charge in [-0.25, -0.2) is 4.79 Å². The fraction of sp³-hybridized carbons (Fsp3) is 0.316. The van der Waals surface area contributed by atoms with Crippen molar-refractivity contribution in [3.8, 4) is 0 Å². The zero-order chi connectivity index (χ0) is 18.2. The molecule has 6 heteroatoms. The molecule has 3 amide bonds. The number of aromatic amines is 1. The zero-order valence-electron chi connectivity index (χ0n) is 14.6. The van der Waals surface area contributed by atoms with Gasteiger partial charge in [-0.05, 0) is 31.9 Å². The topological polar surface area (TPSA) is 82.3 Å². The predicted molar refractivity (Wildman–Crippen MR) is 93.3 cm³/mol. The van der Waals surface area contributed by atoms with Gasteiger partial charge in [-0.1, -0.05) is 37.3 Å². The molecule has 1 saturated heterocycles. The SMILES string of the molecule is CCC1(c2ccccc2)NC(=O)N(CC(=O)c2cc(C)[nH]c2C)C1=O. The molecule has 130 valence electrons. The van der Waals surface area contributed by atoms with Crippen molar-refractivity contribution in [2.75, 3.05) is 6.54 Å². The third kappa shape index (κ3) is 2.73. The minimum atomic E-state index is -1.11. The van der Waals surface area contributed by atoms with Crippen LogP contribution in [0.15, 0.2) is 36.4 Å². The third-order valence-corrected chi connectivity index (χ3v) is 4.72. The Labute approximate surface area is 146 Å². The van der Waals surface area contributed by atoms with Crippen LogP contribution in [0.1, 0.15) is 40.7 Å². The lowest BCUT2D eigenvalue weighted by atomic mass is 9.87. The summed E-state index contributed by atoms with van der Waals surface area (Å²) in [5.74, 6) is -0.644. The number of aryl methyl sites for hydroxylation is 2. The molecule has 1 atom stereocenters. The van der Waals surface area contributed by atoms with Crippen molar-refractivity contribution in [3.63, 3.8) is 0 Å². The highest BCUT2D eigenvalue weighted by Gasteiger charge is 2.51. The summed E-state index contributed by atoms with van der Waals surface area (Å²) >= 11 is 0. The number of Topliss-reactive ketones (excluding diaryl/α,β-unsaturated/α-hetero) is 1. The normalized spacial score (nSPS) is 20.0. The average Bonchev–Trinajstić information content (AvgIpc) is 3.06.